The number of aryl methyl sites for hydroxylation is 1. The molecule has 0 heterocycles. The number of ether oxygens (including phenoxy) is 1. The SMILES string of the molecule is CCC(C)NC(=O)C(C)Oc1cc(C)ccc1F. The van der Waals surface area contributed by atoms with E-state index < -0.39 is 11.9 Å². The number of rotatable bonds is 5. The molecule has 0 spiro atoms. The first-order valence-electron chi connectivity index (χ1n) is 6.17. The molecule has 0 radical (unpaired) electrons. The minimum absolute atomic E-state index is 0.0888. The van der Waals surface area contributed by atoms with Gasteiger partial charge >= 0.3 is 0 Å². The third-order valence-corrected chi connectivity index (χ3v) is 2.76. The molecular formula is C14H20FNO2. The Morgan fingerprint density at radius 1 is 1.44 bits per heavy atom. The zero-order chi connectivity index (χ0) is 13.7. The lowest BCUT2D eigenvalue weighted by atomic mass is 10.2. The average Bonchev–Trinajstić information content (AvgIpc) is 2.33. The van der Waals surface area contributed by atoms with Gasteiger partial charge in [0.15, 0.2) is 17.7 Å². The van der Waals surface area contributed by atoms with Crippen molar-refractivity contribution >= 4 is 5.91 Å². The molecule has 3 nitrogen and oxygen atoms in total. The van der Waals surface area contributed by atoms with Crippen molar-refractivity contribution in [1.82, 2.24) is 5.32 Å². The number of nitrogens with one attached hydrogen (secondary N) is 1. The number of halogens is 1. The van der Waals surface area contributed by atoms with E-state index in [0.717, 1.165) is 12.0 Å². The van der Waals surface area contributed by atoms with Gasteiger partial charge in [-0.2, -0.15) is 0 Å². The second-order valence-corrected chi connectivity index (χ2v) is 4.51. The molecule has 1 aromatic rings. The second kappa shape index (κ2) is 6.38. The highest BCUT2D eigenvalue weighted by Crippen LogP contribution is 2.19. The molecule has 0 saturated heterocycles. The van der Waals surface area contributed by atoms with Crippen LogP contribution in [0.25, 0.3) is 0 Å². The Morgan fingerprint density at radius 3 is 2.72 bits per heavy atom. The van der Waals surface area contributed by atoms with Gasteiger partial charge in [-0.05, 0) is 44.9 Å². The quantitative estimate of drug-likeness (QED) is 0.876. The summed E-state index contributed by atoms with van der Waals surface area (Å²) >= 11 is 0. The Morgan fingerprint density at radius 2 is 2.11 bits per heavy atom. The molecule has 0 aromatic heterocycles. The van der Waals surface area contributed by atoms with Gasteiger partial charge in [0.1, 0.15) is 0 Å². The molecule has 4 heteroatoms. The maximum atomic E-state index is 13.5. The highest BCUT2D eigenvalue weighted by molar-refractivity contribution is 5.80. The predicted molar refractivity (Wildman–Crippen MR) is 69.1 cm³/mol. The first-order chi connectivity index (χ1) is 8.43. The van der Waals surface area contributed by atoms with E-state index in [1.165, 1.54) is 6.07 Å². The van der Waals surface area contributed by atoms with Gasteiger partial charge in [-0.15, -0.1) is 0 Å². The summed E-state index contributed by atoms with van der Waals surface area (Å²) < 4.78 is 18.8. The average molecular weight is 253 g/mol. The van der Waals surface area contributed by atoms with E-state index in [-0.39, 0.29) is 17.7 Å². The van der Waals surface area contributed by atoms with Gasteiger partial charge < -0.3 is 10.1 Å². The molecule has 0 aliphatic carbocycles. The van der Waals surface area contributed by atoms with E-state index in [1.807, 2.05) is 20.8 Å². The zero-order valence-electron chi connectivity index (χ0n) is 11.3. The second-order valence-electron chi connectivity index (χ2n) is 4.51. The van der Waals surface area contributed by atoms with Crippen molar-refractivity contribution < 1.29 is 13.9 Å². The molecule has 100 valence electrons. The summed E-state index contributed by atoms with van der Waals surface area (Å²) in [5, 5.41) is 2.80. The van der Waals surface area contributed by atoms with Crippen molar-refractivity contribution in [2.45, 2.75) is 46.3 Å². The van der Waals surface area contributed by atoms with Crippen LogP contribution in [0.1, 0.15) is 32.8 Å². The summed E-state index contributed by atoms with van der Waals surface area (Å²) in [6, 6.07) is 4.67. The lowest BCUT2D eigenvalue weighted by molar-refractivity contribution is -0.127. The number of carbonyl (C=O) groups excluding carboxylic acids is 1. The van der Waals surface area contributed by atoms with E-state index in [0.29, 0.717) is 0 Å². The minimum atomic E-state index is -0.713. The summed E-state index contributed by atoms with van der Waals surface area (Å²) in [4.78, 5) is 11.8. The molecule has 0 saturated carbocycles. The number of hydrogen-bond donors (Lipinski definition) is 1. The van der Waals surface area contributed by atoms with Crippen LogP contribution in [0.3, 0.4) is 0 Å². The van der Waals surface area contributed by atoms with Gasteiger partial charge in [0, 0.05) is 6.04 Å². The van der Waals surface area contributed by atoms with Gasteiger partial charge in [-0.3, -0.25) is 4.79 Å². The summed E-state index contributed by atoms with van der Waals surface area (Å²) in [6.07, 6.45) is 0.132. The van der Waals surface area contributed by atoms with Crippen LogP contribution in [0.4, 0.5) is 4.39 Å². The number of carbonyl (C=O) groups is 1. The lowest BCUT2D eigenvalue weighted by Crippen LogP contribution is -2.41. The van der Waals surface area contributed by atoms with Crippen LogP contribution in [0, 0.1) is 12.7 Å². The molecule has 1 N–H and O–H groups in total. The van der Waals surface area contributed by atoms with Crippen molar-refractivity contribution in [3.8, 4) is 5.75 Å². The molecule has 0 bridgehead atoms. The van der Waals surface area contributed by atoms with Crippen molar-refractivity contribution in [1.29, 1.82) is 0 Å². The van der Waals surface area contributed by atoms with Crippen molar-refractivity contribution in [2.75, 3.05) is 0 Å². The van der Waals surface area contributed by atoms with Crippen LogP contribution in [0.15, 0.2) is 18.2 Å². The predicted octanol–water partition coefficient (Wildman–Crippen LogP) is 2.82. The van der Waals surface area contributed by atoms with Crippen LogP contribution < -0.4 is 10.1 Å². The van der Waals surface area contributed by atoms with E-state index in [2.05, 4.69) is 5.32 Å². The molecule has 1 aromatic carbocycles. The molecule has 0 fully saturated rings. The Hall–Kier alpha value is -1.58. The monoisotopic (exact) mass is 253 g/mol. The minimum Gasteiger partial charge on any atom is -0.478 e. The van der Waals surface area contributed by atoms with E-state index in [4.69, 9.17) is 4.74 Å². The fourth-order valence-corrected chi connectivity index (χ4v) is 1.41. The summed E-state index contributed by atoms with van der Waals surface area (Å²) in [7, 11) is 0. The van der Waals surface area contributed by atoms with Crippen LogP contribution in [-0.2, 0) is 4.79 Å². The first-order valence-corrected chi connectivity index (χ1v) is 6.17. The maximum absolute atomic E-state index is 13.5. The highest BCUT2D eigenvalue weighted by Gasteiger charge is 2.17. The fourth-order valence-electron chi connectivity index (χ4n) is 1.41. The van der Waals surface area contributed by atoms with Crippen LogP contribution >= 0.6 is 0 Å². The standard InChI is InChI=1S/C14H20FNO2/c1-5-10(3)16-14(17)11(4)18-13-8-9(2)6-7-12(13)15/h6-8,10-11H,5H2,1-4H3,(H,16,17). The molecule has 1 amide bonds. The van der Waals surface area contributed by atoms with E-state index in [9.17, 15) is 9.18 Å². The van der Waals surface area contributed by atoms with Crippen molar-refractivity contribution in [3.05, 3.63) is 29.6 Å². The van der Waals surface area contributed by atoms with Crippen LogP contribution in [0.5, 0.6) is 5.75 Å². The lowest BCUT2D eigenvalue weighted by Gasteiger charge is -2.18. The normalized spacial score (nSPS) is 13.8. The van der Waals surface area contributed by atoms with E-state index in [1.54, 1.807) is 19.1 Å². The zero-order valence-corrected chi connectivity index (χ0v) is 11.3. The number of benzene rings is 1. The maximum Gasteiger partial charge on any atom is 0.260 e. The molecule has 0 aliphatic rings. The summed E-state index contributed by atoms with van der Waals surface area (Å²) in [5.74, 6) is -0.573. The topological polar surface area (TPSA) is 38.3 Å². The molecule has 1 rings (SSSR count). The Labute approximate surface area is 107 Å². The Bertz CT molecular complexity index is 420. The van der Waals surface area contributed by atoms with Gasteiger partial charge in [-0.25, -0.2) is 4.39 Å². The van der Waals surface area contributed by atoms with Gasteiger partial charge in [0.25, 0.3) is 5.91 Å². The fraction of sp³-hybridized carbons (Fsp3) is 0.500. The molecular weight excluding hydrogens is 233 g/mol. The molecule has 2 atom stereocenters. The Balaban J connectivity index is 2.66. The summed E-state index contributed by atoms with van der Waals surface area (Å²) in [5.41, 5.74) is 0.890. The molecule has 18 heavy (non-hydrogen) atoms. The van der Waals surface area contributed by atoms with Crippen LogP contribution in [0.2, 0.25) is 0 Å². The van der Waals surface area contributed by atoms with Crippen LogP contribution in [-0.4, -0.2) is 18.1 Å². The largest absolute Gasteiger partial charge is 0.478 e. The van der Waals surface area contributed by atoms with Gasteiger partial charge in [-0.1, -0.05) is 13.0 Å². The van der Waals surface area contributed by atoms with Gasteiger partial charge in [0.2, 0.25) is 0 Å². The Kier molecular flexibility index (Phi) is 5.13. The highest BCUT2D eigenvalue weighted by atomic mass is 19.1. The van der Waals surface area contributed by atoms with Gasteiger partial charge in [0.05, 0.1) is 0 Å². The number of hydrogen-bond acceptors (Lipinski definition) is 2. The van der Waals surface area contributed by atoms with Crippen molar-refractivity contribution in [2.24, 2.45) is 0 Å². The number of amides is 1. The third-order valence-electron chi connectivity index (χ3n) is 2.76. The molecule has 2 unspecified atom stereocenters. The first kappa shape index (κ1) is 14.5. The smallest absolute Gasteiger partial charge is 0.260 e. The third kappa shape index (κ3) is 4.02. The van der Waals surface area contributed by atoms with Crippen molar-refractivity contribution in [3.63, 3.8) is 0 Å². The molecule has 0 aliphatic heterocycles. The summed E-state index contributed by atoms with van der Waals surface area (Å²) in [6.45, 7) is 7.35. The van der Waals surface area contributed by atoms with E-state index >= 15 is 0 Å².